The van der Waals surface area contributed by atoms with Crippen molar-refractivity contribution >= 4 is 23.8 Å². The lowest BCUT2D eigenvalue weighted by molar-refractivity contribution is -0.384. The topological polar surface area (TPSA) is 111 Å². The molecule has 0 atom stereocenters. The van der Waals surface area contributed by atoms with E-state index >= 15 is 0 Å². The van der Waals surface area contributed by atoms with E-state index in [-0.39, 0.29) is 17.0 Å². The van der Waals surface area contributed by atoms with Crippen LogP contribution >= 0.6 is 0 Å². The first-order valence-corrected chi connectivity index (χ1v) is 7.10. The second kappa shape index (κ2) is 7.70. The van der Waals surface area contributed by atoms with Crippen molar-refractivity contribution in [2.24, 2.45) is 12.2 Å². The highest BCUT2D eigenvalue weighted by Gasteiger charge is 2.14. The molecule has 1 heterocycles. The summed E-state index contributed by atoms with van der Waals surface area (Å²) in [6.45, 7) is 0. The average molecular weight is 338 g/mol. The van der Waals surface area contributed by atoms with Crippen molar-refractivity contribution in [1.29, 1.82) is 5.26 Å². The van der Waals surface area contributed by atoms with Crippen molar-refractivity contribution in [3.05, 3.63) is 69.0 Å². The van der Waals surface area contributed by atoms with E-state index in [1.807, 2.05) is 6.07 Å². The van der Waals surface area contributed by atoms with Gasteiger partial charge < -0.3 is 9.40 Å². The molecular formula is C17H14N4O4. The number of non-ortho nitro benzene ring substituents is 1. The third kappa shape index (κ3) is 4.17. The molecule has 0 saturated heterocycles. The molecule has 0 amide bonds. The van der Waals surface area contributed by atoms with Crippen LogP contribution < -0.4 is 0 Å². The molecule has 126 valence electrons. The Morgan fingerprint density at radius 2 is 2.04 bits per heavy atom. The maximum Gasteiger partial charge on any atom is 0.269 e. The van der Waals surface area contributed by atoms with Crippen molar-refractivity contribution in [3.8, 4) is 6.07 Å². The Balaban J connectivity index is 2.31. The van der Waals surface area contributed by atoms with Gasteiger partial charge in [0.05, 0.1) is 16.7 Å². The lowest BCUT2D eigenvalue weighted by Crippen LogP contribution is -2.00. The minimum absolute atomic E-state index is 0.0793. The van der Waals surface area contributed by atoms with Crippen molar-refractivity contribution in [2.45, 2.75) is 0 Å². The van der Waals surface area contributed by atoms with E-state index in [1.54, 1.807) is 30.0 Å². The predicted octanol–water partition coefficient (Wildman–Crippen LogP) is 2.70. The van der Waals surface area contributed by atoms with Crippen molar-refractivity contribution in [1.82, 2.24) is 4.57 Å². The number of nitro benzene ring substituents is 1. The van der Waals surface area contributed by atoms with E-state index < -0.39 is 4.92 Å². The number of aryl methyl sites for hydroxylation is 1. The summed E-state index contributed by atoms with van der Waals surface area (Å²) in [7, 11) is 3.11. The van der Waals surface area contributed by atoms with Gasteiger partial charge in [-0.1, -0.05) is 5.16 Å². The van der Waals surface area contributed by atoms with E-state index in [1.165, 1.54) is 37.6 Å². The minimum Gasteiger partial charge on any atom is -0.399 e. The number of oxime groups is 1. The van der Waals surface area contributed by atoms with Crippen LogP contribution in [0.4, 0.5) is 5.69 Å². The SMILES string of the molecule is CO/N=C/C(C#N)=C/c1cc(C(=O)c2ccc([N+](=O)[O-])cc2)cn1C. The van der Waals surface area contributed by atoms with Gasteiger partial charge in [0.1, 0.15) is 13.2 Å². The van der Waals surface area contributed by atoms with E-state index in [9.17, 15) is 14.9 Å². The summed E-state index contributed by atoms with van der Waals surface area (Å²) >= 11 is 0. The molecule has 0 spiro atoms. The quantitative estimate of drug-likeness (QED) is 0.264. The number of hydrogen-bond donors (Lipinski definition) is 0. The molecule has 0 radical (unpaired) electrons. The van der Waals surface area contributed by atoms with Gasteiger partial charge in [-0.2, -0.15) is 5.26 Å². The molecule has 25 heavy (non-hydrogen) atoms. The van der Waals surface area contributed by atoms with Crippen LogP contribution in [0.15, 0.2) is 47.3 Å². The molecule has 2 rings (SSSR count). The number of rotatable bonds is 6. The molecule has 0 saturated carbocycles. The summed E-state index contributed by atoms with van der Waals surface area (Å²) in [5.74, 6) is -0.269. The molecule has 0 unspecified atom stereocenters. The lowest BCUT2D eigenvalue weighted by Gasteiger charge is -1.97. The normalized spacial score (nSPS) is 11.3. The van der Waals surface area contributed by atoms with Crippen LogP contribution in [0.5, 0.6) is 0 Å². The minimum atomic E-state index is -0.523. The van der Waals surface area contributed by atoms with Gasteiger partial charge in [0.25, 0.3) is 5.69 Å². The largest absolute Gasteiger partial charge is 0.399 e. The first-order valence-electron chi connectivity index (χ1n) is 7.10. The summed E-state index contributed by atoms with van der Waals surface area (Å²) in [6.07, 6.45) is 4.46. The number of benzene rings is 1. The molecular weight excluding hydrogens is 324 g/mol. The molecule has 0 bridgehead atoms. The molecule has 2 aromatic rings. The molecule has 8 heteroatoms. The Morgan fingerprint density at radius 1 is 1.36 bits per heavy atom. The highest BCUT2D eigenvalue weighted by atomic mass is 16.6. The molecule has 0 aliphatic carbocycles. The molecule has 1 aromatic heterocycles. The number of carbonyl (C=O) groups is 1. The van der Waals surface area contributed by atoms with Gasteiger partial charge in [0.2, 0.25) is 0 Å². The van der Waals surface area contributed by atoms with Crippen LogP contribution in [0.3, 0.4) is 0 Å². The fourth-order valence-corrected chi connectivity index (χ4v) is 2.12. The number of aromatic nitrogens is 1. The first-order chi connectivity index (χ1) is 12.0. The van der Waals surface area contributed by atoms with E-state index in [2.05, 4.69) is 9.99 Å². The van der Waals surface area contributed by atoms with Crippen LogP contribution in [0.1, 0.15) is 21.6 Å². The maximum atomic E-state index is 12.5. The summed E-state index contributed by atoms with van der Waals surface area (Å²) in [5, 5.41) is 23.3. The monoisotopic (exact) mass is 338 g/mol. The average Bonchev–Trinajstić information content (AvgIpc) is 2.98. The Bertz CT molecular complexity index is 902. The van der Waals surface area contributed by atoms with Gasteiger partial charge in [-0.25, -0.2) is 0 Å². The Morgan fingerprint density at radius 3 is 2.60 bits per heavy atom. The molecule has 1 aromatic carbocycles. The van der Waals surface area contributed by atoms with Gasteiger partial charge in [-0.3, -0.25) is 14.9 Å². The fraction of sp³-hybridized carbons (Fsp3) is 0.118. The predicted molar refractivity (Wildman–Crippen MR) is 91.0 cm³/mol. The number of nitriles is 1. The van der Waals surface area contributed by atoms with Crippen LogP contribution in [-0.2, 0) is 11.9 Å². The van der Waals surface area contributed by atoms with Crippen LogP contribution in [0, 0.1) is 21.4 Å². The molecule has 0 fully saturated rings. The van der Waals surface area contributed by atoms with Crippen molar-refractivity contribution < 1.29 is 14.6 Å². The Labute approximate surface area is 143 Å². The van der Waals surface area contributed by atoms with Crippen LogP contribution in [0.25, 0.3) is 6.08 Å². The Hall–Kier alpha value is -3.73. The zero-order chi connectivity index (χ0) is 18.4. The number of carbonyl (C=O) groups excluding carboxylic acids is 1. The van der Waals surface area contributed by atoms with E-state index in [0.29, 0.717) is 16.8 Å². The smallest absolute Gasteiger partial charge is 0.269 e. The molecule has 0 aliphatic heterocycles. The fourth-order valence-electron chi connectivity index (χ4n) is 2.12. The first kappa shape index (κ1) is 17.6. The number of hydrogen-bond acceptors (Lipinski definition) is 6. The lowest BCUT2D eigenvalue weighted by atomic mass is 10.1. The van der Waals surface area contributed by atoms with E-state index in [0.717, 1.165) is 0 Å². The third-order valence-electron chi connectivity index (χ3n) is 3.38. The van der Waals surface area contributed by atoms with Crippen molar-refractivity contribution in [2.75, 3.05) is 7.11 Å². The third-order valence-corrected chi connectivity index (χ3v) is 3.38. The highest BCUT2D eigenvalue weighted by Crippen LogP contribution is 2.18. The van der Waals surface area contributed by atoms with Gasteiger partial charge in [0, 0.05) is 42.2 Å². The summed E-state index contributed by atoms with van der Waals surface area (Å²) in [4.78, 5) is 27.2. The number of ketones is 1. The van der Waals surface area contributed by atoms with Crippen molar-refractivity contribution in [3.63, 3.8) is 0 Å². The second-order valence-corrected chi connectivity index (χ2v) is 5.03. The Kier molecular flexibility index (Phi) is 5.43. The number of nitrogens with zero attached hydrogens (tertiary/aromatic N) is 4. The summed E-state index contributed by atoms with van der Waals surface area (Å²) in [6, 6.07) is 8.99. The van der Waals surface area contributed by atoms with Gasteiger partial charge in [-0.05, 0) is 24.3 Å². The molecule has 0 N–H and O–H groups in total. The molecule has 0 aliphatic rings. The van der Waals surface area contributed by atoms with Gasteiger partial charge >= 0.3 is 0 Å². The molecule has 8 nitrogen and oxygen atoms in total. The summed E-state index contributed by atoms with van der Waals surface area (Å²) < 4.78 is 1.69. The standard InChI is InChI=1S/C17H14N4O4/c1-20-11-14(8-16(20)7-12(9-18)10-19-25-2)17(22)13-3-5-15(6-4-13)21(23)24/h3-8,10-11H,1-2H3/b12-7+,19-10+. The number of nitro groups is 1. The van der Waals surface area contributed by atoms with Gasteiger partial charge in [-0.15, -0.1) is 0 Å². The van der Waals surface area contributed by atoms with Gasteiger partial charge in [0.15, 0.2) is 5.78 Å². The highest BCUT2D eigenvalue weighted by molar-refractivity contribution is 6.09. The second-order valence-electron chi connectivity index (χ2n) is 5.03. The van der Waals surface area contributed by atoms with Crippen LogP contribution in [0.2, 0.25) is 0 Å². The summed E-state index contributed by atoms with van der Waals surface area (Å²) in [5.41, 5.74) is 1.56. The maximum absolute atomic E-state index is 12.5. The zero-order valence-electron chi connectivity index (χ0n) is 13.5. The number of allylic oxidation sites excluding steroid dienone is 1. The van der Waals surface area contributed by atoms with Crippen LogP contribution in [-0.4, -0.2) is 28.6 Å². The van der Waals surface area contributed by atoms with E-state index in [4.69, 9.17) is 5.26 Å². The zero-order valence-corrected chi connectivity index (χ0v) is 13.5.